The molecule has 1 saturated heterocycles. The topological polar surface area (TPSA) is 67.2 Å². The Bertz CT molecular complexity index is 951. The first kappa shape index (κ1) is 19.6. The van der Waals surface area contributed by atoms with Crippen molar-refractivity contribution in [3.63, 3.8) is 0 Å². The van der Waals surface area contributed by atoms with Crippen molar-refractivity contribution in [3.05, 3.63) is 38.7 Å². The van der Waals surface area contributed by atoms with Crippen molar-refractivity contribution in [2.24, 2.45) is 0 Å². The lowest BCUT2D eigenvalue weighted by Crippen LogP contribution is -2.49. The average molecular weight is 447 g/mol. The van der Waals surface area contributed by atoms with Crippen LogP contribution in [0.3, 0.4) is 0 Å². The molecule has 6 nitrogen and oxygen atoms in total. The lowest BCUT2D eigenvalue weighted by Gasteiger charge is -2.33. The minimum atomic E-state index is -0.217. The fourth-order valence-corrected chi connectivity index (χ4v) is 4.48. The third kappa shape index (κ3) is 4.15. The number of aromatic nitrogens is 2. The summed E-state index contributed by atoms with van der Waals surface area (Å²) in [5.41, 5.74) is 0.617. The average Bonchev–Trinajstić information content (AvgIpc) is 3.49. The van der Waals surface area contributed by atoms with Gasteiger partial charge in [-0.25, -0.2) is 4.68 Å². The summed E-state index contributed by atoms with van der Waals surface area (Å²) in [6.45, 7) is 6.11. The number of amides is 1. The summed E-state index contributed by atoms with van der Waals surface area (Å²) in [6, 6.07) is 6.47. The third-order valence-corrected chi connectivity index (χ3v) is 6.17. The molecule has 7 heteroatoms. The maximum Gasteiger partial charge on any atom is 0.275 e. The lowest BCUT2D eigenvalue weighted by molar-refractivity contribution is -0.123. The van der Waals surface area contributed by atoms with E-state index in [4.69, 9.17) is 0 Å². The zero-order valence-corrected chi connectivity index (χ0v) is 18.0. The van der Waals surface area contributed by atoms with Crippen LogP contribution in [-0.2, 0) is 11.3 Å². The van der Waals surface area contributed by atoms with Gasteiger partial charge in [-0.15, -0.1) is 0 Å². The number of likely N-dealkylation sites (tertiary alicyclic amines) is 1. The molecule has 0 bridgehead atoms. The zero-order chi connectivity index (χ0) is 19.8. The van der Waals surface area contributed by atoms with E-state index in [0.717, 1.165) is 47.5 Å². The molecule has 2 heterocycles. The van der Waals surface area contributed by atoms with E-state index in [1.165, 1.54) is 17.5 Å². The van der Waals surface area contributed by atoms with Gasteiger partial charge in [-0.1, -0.05) is 29.8 Å². The van der Waals surface area contributed by atoms with Gasteiger partial charge >= 0.3 is 0 Å². The van der Waals surface area contributed by atoms with Crippen LogP contribution in [0.15, 0.2) is 27.5 Å². The highest BCUT2D eigenvalue weighted by Crippen LogP contribution is 2.29. The zero-order valence-electron chi connectivity index (χ0n) is 16.4. The molecule has 28 heavy (non-hydrogen) atoms. The molecule has 1 saturated carbocycles. The number of rotatable bonds is 5. The van der Waals surface area contributed by atoms with E-state index in [9.17, 15) is 9.59 Å². The Balaban J connectivity index is 1.53. The number of carbonyl (C=O) groups is 1. The number of piperidine rings is 1. The first-order valence-corrected chi connectivity index (χ1v) is 11.0. The Morgan fingerprint density at radius 1 is 1.29 bits per heavy atom. The molecule has 2 aliphatic rings. The standard InChI is InChI=1S/C21H27BrN4O2/c1-13(2)20-18-10-14(22)5-8-17(18)21(28)26(24-20)12-19(27)23-15-4-3-9-25(11-15)16-6-7-16/h5,8,10,13,15-16H,3-4,6-7,9,11-12H2,1-2H3,(H,23,27)/t15-/m1/s1. The molecule has 4 rings (SSSR count). The third-order valence-electron chi connectivity index (χ3n) is 5.67. The normalized spacial score (nSPS) is 20.6. The number of benzene rings is 1. The predicted molar refractivity (Wildman–Crippen MR) is 114 cm³/mol. The van der Waals surface area contributed by atoms with Crippen LogP contribution in [0.2, 0.25) is 0 Å². The highest BCUT2D eigenvalue weighted by molar-refractivity contribution is 9.10. The minimum absolute atomic E-state index is 0.0372. The number of carbonyl (C=O) groups excluding carboxylic acids is 1. The van der Waals surface area contributed by atoms with Gasteiger partial charge in [-0.2, -0.15) is 5.10 Å². The van der Waals surface area contributed by atoms with Crippen LogP contribution < -0.4 is 10.9 Å². The van der Waals surface area contributed by atoms with E-state index in [1.54, 1.807) is 6.07 Å². The second kappa shape index (κ2) is 7.95. The molecular weight excluding hydrogens is 420 g/mol. The van der Waals surface area contributed by atoms with E-state index in [2.05, 4.69) is 31.2 Å². The Hall–Kier alpha value is -1.73. The van der Waals surface area contributed by atoms with E-state index < -0.39 is 0 Å². The van der Waals surface area contributed by atoms with Crippen molar-refractivity contribution in [3.8, 4) is 0 Å². The molecule has 1 atom stereocenters. The summed E-state index contributed by atoms with van der Waals surface area (Å²) in [4.78, 5) is 28.0. The Morgan fingerprint density at radius 2 is 2.07 bits per heavy atom. The smallest absolute Gasteiger partial charge is 0.275 e. The molecule has 0 unspecified atom stereocenters. The summed E-state index contributed by atoms with van der Waals surface area (Å²) in [5.74, 6) is 0.0144. The highest BCUT2D eigenvalue weighted by atomic mass is 79.9. The van der Waals surface area contributed by atoms with Crippen LogP contribution in [0, 0.1) is 0 Å². The highest BCUT2D eigenvalue weighted by Gasteiger charge is 2.33. The SMILES string of the molecule is CC(C)c1nn(CC(=O)N[C@@H]2CCCN(C3CC3)C2)c(=O)c2ccc(Br)cc12. The monoisotopic (exact) mass is 446 g/mol. The van der Waals surface area contributed by atoms with Crippen molar-refractivity contribution in [1.82, 2.24) is 20.0 Å². The second-order valence-electron chi connectivity index (χ2n) is 8.33. The van der Waals surface area contributed by atoms with Gasteiger partial charge in [0.15, 0.2) is 0 Å². The molecule has 1 aromatic heterocycles. The molecule has 0 spiro atoms. The van der Waals surface area contributed by atoms with Gasteiger partial charge in [0.25, 0.3) is 5.56 Å². The Labute approximate surface area is 173 Å². The van der Waals surface area contributed by atoms with Crippen molar-refractivity contribution >= 4 is 32.6 Å². The van der Waals surface area contributed by atoms with Crippen molar-refractivity contribution in [2.75, 3.05) is 13.1 Å². The van der Waals surface area contributed by atoms with Gasteiger partial charge in [0.05, 0.1) is 11.1 Å². The maximum atomic E-state index is 12.9. The van der Waals surface area contributed by atoms with Crippen LogP contribution in [0.5, 0.6) is 0 Å². The van der Waals surface area contributed by atoms with Crippen LogP contribution in [0.4, 0.5) is 0 Å². The van der Waals surface area contributed by atoms with E-state index in [1.807, 2.05) is 26.0 Å². The predicted octanol–water partition coefficient (Wildman–Crippen LogP) is 3.03. The summed E-state index contributed by atoms with van der Waals surface area (Å²) < 4.78 is 2.23. The van der Waals surface area contributed by atoms with Crippen molar-refractivity contribution in [1.29, 1.82) is 0 Å². The lowest BCUT2D eigenvalue weighted by atomic mass is 10.0. The Kier molecular flexibility index (Phi) is 5.56. The first-order valence-electron chi connectivity index (χ1n) is 10.2. The van der Waals surface area contributed by atoms with Gasteiger partial charge in [0, 0.05) is 28.5 Å². The van der Waals surface area contributed by atoms with E-state index in [-0.39, 0.29) is 30.0 Å². The number of nitrogens with one attached hydrogen (secondary N) is 1. The molecule has 2 aromatic rings. The Morgan fingerprint density at radius 3 is 2.79 bits per heavy atom. The molecule has 150 valence electrons. The number of hydrogen-bond donors (Lipinski definition) is 1. The number of nitrogens with zero attached hydrogens (tertiary/aromatic N) is 3. The van der Waals surface area contributed by atoms with Gasteiger partial charge in [-0.05, 0) is 56.3 Å². The largest absolute Gasteiger partial charge is 0.350 e. The van der Waals surface area contributed by atoms with Crippen LogP contribution in [-0.4, -0.2) is 45.8 Å². The fraction of sp³-hybridized carbons (Fsp3) is 0.571. The molecule has 1 N–H and O–H groups in total. The van der Waals surface area contributed by atoms with Crippen molar-refractivity contribution in [2.45, 2.75) is 64.1 Å². The van der Waals surface area contributed by atoms with E-state index >= 15 is 0 Å². The van der Waals surface area contributed by atoms with Crippen LogP contribution in [0.1, 0.15) is 51.1 Å². The number of fused-ring (bicyclic) bond motifs is 1. The molecule has 1 aliphatic heterocycles. The fourth-order valence-electron chi connectivity index (χ4n) is 4.12. The summed E-state index contributed by atoms with van der Waals surface area (Å²) >= 11 is 3.47. The molecule has 2 fully saturated rings. The first-order chi connectivity index (χ1) is 13.4. The maximum absolute atomic E-state index is 12.9. The van der Waals surface area contributed by atoms with Crippen LogP contribution >= 0.6 is 15.9 Å². The number of halogens is 1. The van der Waals surface area contributed by atoms with Gasteiger partial charge in [-0.3, -0.25) is 14.5 Å². The minimum Gasteiger partial charge on any atom is -0.350 e. The van der Waals surface area contributed by atoms with Gasteiger partial charge in [0.2, 0.25) is 5.91 Å². The van der Waals surface area contributed by atoms with Crippen LogP contribution in [0.25, 0.3) is 10.8 Å². The quantitative estimate of drug-likeness (QED) is 0.766. The summed E-state index contributed by atoms with van der Waals surface area (Å²) in [6.07, 6.45) is 4.68. The van der Waals surface area contributed by atoms with Gasteiger partial charge in [0.1, 0.15) is 6.54 Å². The second-order valence-corrected chi connectivity index (χ2v) is 9.24. The molecule has 1 aliphatic carbocycles. The molecule has 0 radical (unpaired) electrons. The van der Waals surface area contributed by atoms with E-state index in [0.29, 0.717) is 5.39 Å². The molecule has 1 aromatic carbocycles. The van der Waals surface area contributed by atoms with Gasteiger partial charge < -0.3 is 5.32 Å². The van der Waals surface area contributed by atoms with Crippen molar-refractivity contribution < 1.29 is 4.79 Å². The summed E-state index contributed by atoms with van der Waals surface area (Å²) in [7, 11) is 0. The molecule has 1 amide bonds. The summed E-state index contributed by atoms with van der Waals surface area (Å²) in [5, 5.41) is 9.11. The molecular formula is C21H27BrN4O2. The number of hydrogen-bond acceptors (Lipinski definition) is 4.